The van der Waals surface area contributed by atoms with Gasteiger partial charge >= 0.3 is 11.8 Å². The number of hydrogen-bond donors (Lipinski definition) is 0. The Hall–Kier alpha value is -2.37. The zero-order chi connectivity index (χ0) is 16.9. The van der Waals surface area contributed by atoms with Crippen LogP contribution >= 0.6 is 0 Å². The Morgan fingerprint density at radius 1 is 1.13 bits per heavy atom. The molecule has 0 saturated carbocycles. The molecule has 6 heteroatoms. The highest BCUT2D eigenvalue weighted by molar-refractivity contribution is 5.73. The van der Waals surface area contributed by atoms with E-state index in [0.29, 0.717) is 12.3 Å². The van der Waals surface area contributed by atoms with Crippen molar-refractivity contribution in [2.45, 2.75) is 52.1 Å². The second-order valence-electron chi connectivity index (χ2n) is 6.36. The molecule has 0 aliphatic carbocycles. The lowest BCUT2D eigenvalue weighted by atomic mass is 10.0. The van der Waals surface area contributed by atoms with Crippen LogP contribution in [0.3, 0.4) is 0 Å². The molecular weight excluding hydrogens is 298 g/mol. The maximum Gasteiger partial charge on any atom is 0.542 e. The molecular formula is C17H21NO5. The van der Waals surface area contributed by atoms with Gasteiger partial charge in [-0.1, -0.05) is 24.3 Å². The van der Waals surface area contributed by atoms with Crippen molar-refractivity contribution in [2.75, 3.05) is 0 Å². The molecule has 2 aromatic rings. The average molecular weight is 319 g/mol. The molecule has 0 saturated heterocycles. The lowest BCUT2D eigenvalue weighted by molar-refractivity contribution is -0.153. The number of ether oxygens (including phenoxy) is 1. The highest BCUT2D eigenvalue weighted by atomic mass is 16.6. The number of esters is 1. The lowest BCUT2D eigenvalue weighted by Gasteiger charge is -2.19. The van der Waals surface area contributed by atoms with E-state index in [-0.39, 0.29) is 12.4 Å². The first-order chi connectivity index (χ1) is 10.8. The van der Waals surface area contributed by atoms with E-state index in [0.717, 1.165) is 24.0 Å². The Morgan fingerprint density at radius 2 is 1.78 bits per heavy atom. The van der Waals surface area contributed by atoms with Crippen LogP contribution in [0.4, 0.5) is 0 Å². The first kappa shape index (κ1) is 17.0. The number of carbonyl (C=O) groups is 1. The Bertz CT molecular complexity index is 691. The minimum atomic E-state index is -0.772. The van der Waals surface area contributed by atoms with Crippen LogP contribution in [-0.2, 0) is 28.8 Å². The van der Waals surface area contributed by atoms with Gasteiger partial charge < -0.3 is 9.15 Å². The van der Waals surface area contributed by atoms with Gasteiger partial charge in [0.05, 0.1) is 6.42 Å². The van der Waals surface area contributed by atoms with Crippen molar-refractivity contribution < 1.29 is 18.5 Å². The number of carbonyl (C=O) groups excluding carboxylic acids is 1. The van der Waals surface area contributed by atoms with Crippen LogP contribution in [0.5, 0.6) is 0 Å². The molecule has 0 aliphatic rings. The first-order valence-corrected chi connectivity index (χ1v) is 7.57. The van der Waals surface area contributed by atoms with E-state index in [1.807, 2.05) is 45.0 Å². The van der Waals surface area contributed by atoms with E-state index in [9.17, 15) is 9.59 Å². The second kappa shape index (κ2) is 7.26. The summed E-state index contributed by atoms with van der Waals surface area (Å²) in [5.74, 6) is -0.686. The summed E-state index contributed by atoms with van der Waals surface area (Å²) in [7, 11) is 0. The van der Waals surface area contributed by atoms with Crippen LogP contribution in [0.15, 0.2) is 38.0 Å². The molecule has 6 nitrogen and oxygen atoms in total. The topological polar surface area (TPSA) is 82.5 Å². The fourth-order valence-electron chi connectivity index (χ4n) is 2.13. The van der Waals surface area contributed by atoms with E-state index < -0.39 is 11.4 Å². The Labute approximate surface area is 134 Å². The van der Waals surface area contributed by atoms with Gasteiger partial charge in [0.15, 0.2) is 0 Å². The zero-order valence-corrected chi connectivity index (χ0v) is 13.6. The van der Waals surface area contributed by atoms with Gasteiger partial charge in [-0.2, -0.15) is 0 Å². The Kier molecular flexibility index (Phi) is 5.36. The van der Waals surface area contributed by atoms with Crippen molar-refractivity contribution in [2.24, 2.45) is 0 Å². The van der Waals surface area contributed by atoms with Crippen LogP contribution in [0, 0.1) is 0 Å². The molecule has 0 bridgehead atoms. The van der Waals surface area contributed by atoms with Crippen molar-refractivity contribution in [3.63, 3.8) is 0 Å². The predicted octanol–water partition coefficient (Wildman–Crippen LogP) is 2.69. The molecule has 0 fully saturated rings. The van der Waals surface area contributed by atoms with Gasteiger partial charge in [-0.3, -0.25) is 9.32 Å². The third-order valence-corrected chi connectivity index (χ3v) is 3.07. The first-order valence-electron chi connectivity index (χ1n) is 7.57. The van der Waals surface area contributed by atoms with E-state index in [1.54, 1.807) is 0 Å². The van der Waals surface area contributed by atoms with Gasteiger partial charge in [-0.25, -0.2) is 4.79 Å². The molecule has 0 radical (unpaired) electrons. The SMILES string of the molecule is CC(C)(C)OC(=O)Cc1ccc(CCCc2noc(=O)o2)cc1. The molecule has 0 amide bonds. The minimum absolute atomic E-state index is 0.230. The number of rotatable bonds is 6. The summed E-state index contributed by atoms with van der Waals surface area (Å²) in [6.07, 6.45) is 2.43. The van der Waals surface area contributed by atoms with Crippen LogP contribution in [0.1, 0.15) is 44.2 Å². The molecule has 2 rings (SSSR count). The highest BCUT2D eigenvalue weighted by Gasteiger charge is 2.16. The van der Waals surface area contributed by atoms with E-state index >= 15 is 0 Å². The minimum Gasteiger partial charge on any atom is -0.460 e. The van der Waals surface area contributed by atoms with E-state index in [4.69, 9.17) is 9.15 Å². The smallest absolute Gasteiger partial charge is 0.460 e. The molecule has 0 unspecified atom stereocenters. The number of aromatic nitrogens is 1. The van der Waals surface area contributed by atoms with Crippen molar-refractivity contribution in [1.29, 1.82) is 0 Å². The predicted molar refractivity (Wildman–Crippen MR) is 83.1 cm³/mol. The van der Waals surface area contributed by atoms with Crippen molar-refractivity contribution in [3.05, 3.63) is 51.9 Å². The third-order valence-electron chi connectivity index (χ3n) is 3.07. The highest BCUT2D eigenvalue weighted by Crippen LogP contribution is 2.12. The Morgan fingerprint density at radius 3 is 2.35 bits per heavy atom. The van der Waals surface area contributed by atoms with Gasteiger partial charge in [0.2, 0.25) is 5.89 Å². The van der Waals surface area contributed by atoms with E-state index in [1.165, 1.54) is 0 Å². The van der Waals surface area contributed by atoms with Crippen LogP contribution in [0.25, 0.3) is 0 Å². The monoisotopic (exact) mass is 319 g/mol. The van der Waals surface area contributed by atoms with Crippen LogP contribution in [0.2, 0.25) is 0 Å². The summed E-state index contributed by atoms with van der Waals surface area (Å²) >= 11 is 0. The third kappa shape index (κ3) is 6.10. The van der Waals surface area contributed by atoms with Gasteiger partial charge in [0, 0.05) is 6.42 Å². The quantitative estimate of drug-likeness (QED) is 0.761. The number of nitrogens with zero attached hydrogens (tertiary/aromatic N) is 1. The second-order valence-corrected chi connectivity index (χ2v) is 6.36. The molecule has 0 aliphatic heterocycles. The van der Waals surface area contributed by atoms with Gasteiger partial charge in [-0.15, -0.1) is 0 Å². The fourth-order valence-corrected chi connectivity index (χ4v) is 2.13. The van der Waals surface area contributed by atoms with Gasteiger partial charge in [0.1, 0.15) is 5.60 Å². The summed E-state index contributed by atoms with van der Waals surface area (Å²) in [5.41, 5.74) is 1.60. The molecule has 0 spiro atoms. The zero-order valence-electron chi connectivity index (χ0n) is 13.6. The average Bonchev–Trinajstić information content (AvgIpc) is 2.84. The van der Waals surface area contributed by atoms with Crippen LogP contribution < -0.4 is 5.82 Å². The standard InChI is InChI=1S/C17H21NO5/c1-17(2,3)22-15(19)11-13-9-7-12(8-10-13)5-4-6-14-18-23-16(20)21-14/h7-10H,4-6,11H2,1-3H3. The molecule has 124 valence electrons. The summed E-state index contributed by atoms with van der Waals surface area (Å²) in [5, 5.41) is 3.52. The maximum atomic E-state index is 11.8. The molecule has 0 N–H and O–H groups in total. The van der Waals surface area contributed by atoms with Gasteiger partial charge in [-0.05, 0) is 49.9 Å². The Balaban J connectivity index is 1.80. The summed E-state index contributed by atoms with van der Waals surface area (Å²) in [6, 6.07) is 7.82. The lowest BCUT2D eigenvalue weighted by Crippen LogP contribution is -2.24. The largest absolute Gasteiger partial charge is 0.542 e. The maximum absolute atomic E-state index is 11.8. The van der Waals surface area contributed by atoms with Gasteiger partial charge in [0.25, 0.3) is 0 Å². The van der Waals surface area contributed by atoms with Crippen molar-refractivity contribution in [1.82, 2.24) is 5.16 Å². The summed E-state index contributed by atoms with van der Waals surface area (Å²) in [6.45, 7) is 5.56. The number of benzene rings is 1. The molecule has 1 aromatic carbocycles. The van der Waals surface area contributed by atoms with Crippen LogP contribution in [-0.4, -0.2) is 16.7 Å². The fraction of sp³-hybridized carbons (Fsp3) is 0.471. The van der Waals surface area contributed by atoms with E-state index in [2.05, 4.69) is 9.68 Å². The molecule has 1 aromatic heterocycles. The van der Waals surface area contributed by atoms with Crippen molar-refractivity contribution in [3.8, 4) is 0 Å². The number of hydrogen-bond acceptors (Lipinski definition) is 6. The molecule has 1 heterocycles. The molecule has 23 heavy (non-hydrogen) atoms. The summed E-state index contributed by atoms with van der Waals surface area (Å²) in [4.78, 5) is 22.5. The molecule has 0 atom stereocenters. The van der Waals surface area contributed by atoms with Crippen molar-refractivity contribution >= 4 is 5.97 Å². The number of aryl methyl sites for hydroxylation is 2. The summed E-state index contributed by atoms with van der Waals surface area (Å²) < 4.78 is 14.4. The normalized spacial score (nSPS) is 11.4.